The summed E-state index contributed by atoms with van der Waals surface area (Å²) in [5, 5.41) is 0. The number of aromatic nitrogens is 2. The van der Waals surface area contributed by atoms with Crippen LogP contribution in [0.25, 0.3) is 17.1 Å². The zero-order valence-corrected chi connectivity index (χ0v) is 20.8. The molecule has 0 bridgehead atoms. The van der Waals surface area contributed by atoms with E-state index in [4.69, 9.17) is 0 Å². The predicted molar refractivity (Wildman–Crippen MR) is 134 cm³/mol. The number of rotatable bonds is 4. The minimum Gasteiger partial charge on any atom is -0.229 e. The third kappa shape index (κ3) is 3.26. The van der Waals surface area contributed by atoms with E-state index >= 15 is 0 Å². The van der Waals surface area contributed by atoms with E-state index in [0.29, 0.717) is 17.3 Å². The quantitative estimate of drug-likeness (QED) is 0.390. The van der Waals surface area contributed by atoms with Crippen molar-refractivity contribution in [3.05, 3.63) is 70.5 Å². The summed E-state index contributed by atoms with van der Waals surface area (Å²) in [6.07, 6.45) is 8.06. The monoisotopic (exact) mass is 427 g/mol. The van der Waals surface area contributed by atoms with E-state index in [1.165, 1.54) is 72.3 Å². The molecule has 1 aromatic heterocycles. The second-order valence-electron chi connectivity index (χ2n) is 11.1. The van der Waals surface area contributed by atoms with E-state index in [2.05, 4.69) is 93.3 Å². The van der Waals surface area contributed by atoms with Gasteiger partial charge in [-0.2, -0.15) is 4.57 Å². The third-order valence-corrected chi connectivity index (χ3v) is 8.24. The second-order valence-corrected chi connectivity index (χ2v) is 11.1. The van der Waals surface area contributed by atoms with Crippen LogP contribution in [0.5, 0.6) is 0 Å². The topological polar surface area (TPSA) is 8.81 Å². The lowest BCUT2D eigenvalue weighted by Gasteiger charge is -2.23. The van der Waals surface area contributed by atoms with E-state index in [1.807, 2.05) is 0 Å². The third-order valence-electron chi connectivity index (χ3n) is 8.24. The standard InChI is InChI=1S/C30H39N2/c1-20(2)23-14-11-15-24(21(3)4)28(23)32-27-19-30(16-9-10-17-30)18-26(27)31(6)29(32)25-13-8-7-12-22(25)5/h7-8,11-15,20-21H,9-10,16-19H2,1-6H3/q+1. The molecule has 0 atom stereocenters. The molecule has 1 fully saturated rings. The Morgan fingerprint density at radius 3 is 2.06 bits per heavy atom. The van der Waals surface area contributed by atoms with Crippen molar-refractivity contribution in [3.63, 3.8) is 0 Å². The maximum absolute atomic E-state index is 2.70. The molecular formula is C30H39N2+. The highest BCUT2D eigenvalue weighted by Crippen LogP contribution is 2.50. The zero-order valence-electron chi connectivity index (χ0n) is 20.8. The number of hydrogen-bond acceptors (Lipinski definition) is 0. The lowest BCUT2D eigenvalue weighted by Crippen LogP contribution is -2.36. The Kier molecular flexibility index (Phi) is 5.31. The van der Waals surface area contributed by atoms with Crippen molar-refractivity contribution >= 4 is 0 Å². The van der Waals surface area contributed by atoms with Gasteiger partial charge in [0.15, 0.2) is 5.69 Å². The van der Waals surface area contributed by atoms with Crippen molar-refractivity contribution in [3.8, 4) is 17.1 Å². The molecule has 2 aliphatic carbocycles. The summed E-state index contributed by atoms with van der Waals surface area (Å²) >= 11 is 0. The molecule has 0 unspecified atom stereocenters. The fourth-order valence-corrected chi connectivity index (χ4v) is 6.52. The molecule has 168 valence electrons. The van der Waals surface area contributed by atoms with Gasteiger partial charge < -0.3 is 0 Å². The van der Waals surface area contributed by atoms with Gasteiger partial charge in [0.05, 0.1) is 12.6 Å². The first-order valence-electron chi connectivity index (χ1n) is 12.6. The molecule has 2 aromatic carbocycles. The Balaban J connectivity index is 1.86. The summed E-state index contributed by atoms with van der Waals surface area (Å²) in [5.74, 6) is 2.33. The van der Waals surface area contributed by atoms with Crippen LogP contribution < -0.4 is 4.57 Å². The maximum Gasteiger partial charge on any atom is 0.294 e. The molecule has 5 rings (SSSR count). The minimum atomic E-state index is 0.485. The van der Waals surface area contributed by atoms with Gasteiger partial charge in [0.1, 0.15) is 11.4 Å². The summed E-state index contributed by atoms with van der Waals surface area (Å²) in [5.41, 5.74) is 10.7. The van der Waals surface area contributed by atoms with Gasteiger partial charge in [0.25, 0.3) is 5.82 Å². The Bertz CT molecular complexity index is 1130. The van der Waals surface area contributed by atoms with Crippen LogP contribution in [-0.4, -0.2) is 4.57 Å². The van der Waals surface area contributed by atoms with Crippen LogP contribution in [0.4, 0.5) is 0 Å². The predicted octanol–water partition coefficient (Wildman–Crippen LogP) is 7.18. The highest BCUT2D eigenvalue weighted by molar-refractivity contribution is 5.65. The zero-order chi connectivity index (χ0) is 22.6. The number of aryl methyl sites for hydroxylation is 1. The Morgan fingerprint density at radius 1 is 0.844 bits per heavy atom. The van der Waals surface area contributed by atoms with Crippen molar-refractivity contribution in [2.24, 2.45) is 12.5 Å². The molecule has 0 N–H and O–H groups in total. The van der Waals surface area contributed by atoms with Gasteiger partial charge in [-0.25, -0.2) is 4.57 Å². The highest BCUT2D eigenvalue weighted by atomic mass is 15.2. The van der Waals surface area contributed by atoms with E-state index in [-0.39, 0.29) is 0 Å². The molecule has 32 heavy (non-hydrogen) atoms. The molecule has 2 heteroatoms. The highest BCUT2D eigenvalue weighted by Gasteiger charge is 2.48. The van der Waals surface area contributed by atoms with Gasteiger partial charge in [0, 0.05) is 24.0 Å². The van der Waals surface area contributed by atoms with E-state index < -0.39 is 0 Å². The lowest BCUT2D eigenvalue weighted by molar-refractivity contribution is -0.667. The van der Waals surface area contributed by atoms with Gasteiger partial charge in [-0.15, -0.1) is 0 Å². The average Bonchev–Trinajstić information content (AvgIpc) is 3.44. The van der Waals surface area contributed by atoms with E-state index in [1.54, 1.807) is 11.4 Å². The molecule has 0 saturated heterocycles. The van der Waals surface area contributed by atoms with E-state index in [9.17, 15) is 0 Å². The number of imidazole rings is 1. The largest absolute Gasteiger partial charge is 0.294 e. The first-order chi connectivity index (χ1) is 15.3. The van der Waals surface area contributed by atoms with Crippen molar-refractivity contribution in [2.45, 2.75) is 85.0 Å². The number of hydrogen-bond donors (Lipinski definition) is 0. The molecule has 1 heterocycles. The van der Waals surface area contributed by atoms with E-state index in [0.717, 1.165) is 0 Å². The second kappa shape index (κ2) is 7.90. The summed E-state index contributed by atoms with van der Waals surface area (Å²) in [6, 6.07) is 15.9. The molecule has 1 spiro atoms. The van der Waals surface area contributed by atoms with Crippen LogP contribution in [-0.2, 0) is 19.9 Å². The number of fused-ring (bicyclic) bond motifs is 1. The van der Waals surface area contributed by atoms with Crippen molar-refractivity contribution in [2.75, 3.05) is 0 Å². The number of benzene rings is 2. The fourth-order valence-electron chi connectivity index (χ4n) is 6.52. The van der Waals surface area contributed by atoms with Crippen LogP contribution in [0, 0.1) is 12.3 Å². The number of para-hydroxylation sites is 1. The molecule has 1 saturated carbocycles. The van der Waals surface area contributed by atoms with Gasteiger partial charge in [-0.05, 0) is 48.6 Å². The fraction of sp³-hybridized carbons (Fsp3) is 0.500. The maximum atomic E-state index is 2.70. The van der Waals surface area contributed by atoms with Gasteiger partial charge in [-0.3, -0.25) is 0 Å². The Hall–Kier alpha value is -2.35. The first-order valence-corrected chi connectivity index (χ1v) is 12.6. The van der Waals surface area contributed by atoms with Crippen molar-refractivity contribution in [1.82, 2.24) is 4.57 Å². The summed E-state index contributed by atoms with van der Waals surface area (Å²) in [4.78, 5) is 0. The molecule has 0 amide bonds. The van der Waals surface area contributed by atoms with Gasteiger partial charge in [-0.1, -0.05) is 76.9 Å². The molecule has 2 nitrogen and oxygen atoms in total. The summed E-state index contributed by atoms with van der Waals surface area (Å²) in [6.45, 7) is 11.6. The molecule has 3 aromatic rings. The van der Waals surface area contributed by atoms with Crippen LogP contribution >= 0.6 is 0 Å². The normalized spacial score (nSPS) is 17.1. The summed E-state index contributed by atoms with van der Waals surface area (Å²) in [7, 11) is 2.32. The smallest absolute Gasteiger partial charge is 0.229 e. The van der Waals surface area contributed by atoms with Crippen LogP contribution in [0.15, 0.2) is 42.5 Å². The minimum absolute atomic E-state index is 0.485. The Labute approximate surface area is 194 Å². The van der Waals surface area contributed by atoms with Gasteiger partial charge in [0.2, 0.25) is 0 Å². The average molecular weight is 428 g/mol. The van der Waals surface area contributed by atoms with Crippen LogP contribution in [0.1, 0.15) is 93.3 Å². The summed E-state index contributed by atoms with van der Waals surface area (Å²) < 4.78 is 5.25. The lowest BCUT2D eigenvalue weighted by atomic mass is 9.83. The molecule has 0 aliphatic heterocycles. The molecule has 0 radical (unpaired) electrons. The Morgan fingerprint density at radius 2 is 1.47 bits per heavy atom. The van der Waals surface area contributed by atoms with Crippen LogP contribution in [0.2, 0.25) is 0 Å². The molecule has 2 aliphatic rings. The van der Waals surface area contributed by atoms with Crippen molar-refractivity contribution in [1.29, 1.82) is 0 Å². The van der Waals surface area contributed by atoms with Crippen molar-refractivity contribution < 1.29 is 4.57 Å². The van der Waals surface area contributed by atoms with Gasteiger partial charge >= 0.3 is 0 Å². The number of nitrogens with zero attached hydrogens (tertiary/aromatic N) is 2. The SMILES string of the molecule is Cc1ccccc1-c1n(-c2c(C(C)C)cccc2C(C)C)c2c([n+]1C)CC1(CCCC1)C2. The molecular weight excluding hydrogens is 388 g/mol. The first kappa shape index (κ1) is 21.5. The van der Waals surface area contributed by atoms with Crippen LogP contribution in [0.3, 0.4) is 0 Å².